The largest absolute Gasteiger partial charge is 0.493 e. The Kier molecular flexibility index (Phi) is 4.50. The van der Waals surface area contributed by atoms with Crippen molar-refractivity contribution in [3.05, 3.63) is 69.8 Å². The Balaban J connectivity index is 1.86. The standard InChI is InChI=1S/C15H15N3O3/c16-15(17)12-3-1-11(2-4-12)9-10-21-14-7-5-13(6-8-14)18(19)20/h1-8H,9-10H2,(H3,16,17). The summed E-state index contributed by atoms with van der Waals surface area (Å²) in [6, 6.07) is 13.4. The molecule has 0 saturated carbocycles. The smallest absolute Gasteiger partial charge is 0.269 e. The Hall–Kier alpha value is -2.89. The van der Waals surface area contributed by atoms with E-state index in [1.807, 2.05) is 12.1 Å². The minimum absolute atomic E-state index is 0.0437. The number of nitrogens with two attached hydrogens (primary N) is 1. The van der Waals surface area contributed by atoms with Crippen LogP contribution in [0.2, 0.25) is 0 Å². The monoisotopic (exact) mass is 285 g/mol. The van der Waals surface area contributed by atoms with Gasteiger partial charge in [-0.2, -0.15) is 0 Å². The molecule has 0 aliphatic carbocycles. The Bertz CT molecular complexity index is 579. The lowest BCUT2D eigenvalue weighted by atomic mass is 10.1. The van der Waals surface area contributed by atoms with Crippen LogP contribution in [0, 0.1) is 15.5 Å². The van der Waals surface area contributed by atoms with Crippen molar-refractivity contribution in [1.29, 1.82) is 5.41 Å². The molecule has 6 heteroatoms. The normalized spacial score (nSPS) is 10.1. The summed E-state index contributed by atoms with van der Waals surface area (Å²) < 4.78 is 5.53. The van der Waals surface area contributed by atoms with Crippen molar-refractivity contribution in [1.82, 2.24) is 0 Å². The molecule has 0 saturated heterocycles. The van der Waals surface area contributed by atoms with E-state index < -0.39 is 4.92 Å². The number of nitro benzene ring substituents is 1. The van der Waals surface area contributed by atoms with Crippen LogP contribution < -0.4 is 10.5 Å². The predicted octanol–water partition coefficient (Wildman–Crippen LogP) is 2.50. The molecule has 2 rings (SSSR count). The number of ether oxygens (including phenoxy) is 1. The highest BCUT2D eigenvalue weighted by molar-refractivity contribution is 5.94. The highest BCUT2D eigenvalue weighted by Crippen LogP contribution is 2.17. The van der Waals surface area contributed by atoms with E-state index in [0.29, 0.717) is 24.3 Å². The molecule has 0 fully saturated rings. The van der Waals surface area contributed by atoms with E-state index in [9.17, 15) is 10.1 Å². The molecule has 2 aromatic rings. The quantitative estimate of drug-likeness (QED) is 0.368. The van der Waals surface area contributed by atoms with Gasteiger partial charge in [0.25, 0.3) is 5.69 Å². The van der Waals surface area contributed by atoms with Gasteiger partial charge < -0.3 is 10.5 Å². The van der Waals surface area contributed by atoms with Crippen LogP contribution in [0.4, 0.5) is 5.69 Å². The number of nitrogens with zero attached hydrogens (tertiary/aromatic N) is 1. The molecule has 0 bridgehead atoms. The second-order valence-electron chi connectivity index (χ2n) is 4.46. The second-order valence-corrected chi connectivity index (χ2v) is 4.46. The van der Waals surface area contributed by atoms with Crippen LogP contribution in [-0.4, -0.2) is 17.4 Å². The molecule has 108 valence electrons. The third-order valence-corrected chi connectivity index (χ3v) is 2.97. The first kappa shape index (κ1) is 14.5. The van der Waals surface area contributed by atoms with E-state index in [1.165, 1.54) is 12.1 Å². The van der Waals surface area contributed by atoms with Gasteiger partial charge in [0.15, 0.2) is 0 Å². The molecule has 0 aliphatic rings. The van der Waals surface area contributed by atoms with E-state index in [2.05, 4.69) is 0 Å². The number of nitro groups is 1. The van der Waals surface area contributed by atoms with E-state index in [-0.39, 0.29) is 11.5 Å². The Morgan fingerprint density at radius 3 is 2.29 bits per heavy atom. The molecule has 0 unspecified atom stereocenters. The first-order valence-electron chi connectivity index (χ1n) is 6.37. The predicted molar refractivity (Wildman–Crippen MR) is 79.8 cm³/mol. The maximum Gasteiger partial charge on any atom is 0.269 e. The minimum Gasteiger partial charge on any atom is -0.493 e. The van der Waals surface area contributed by atoms with Gasteiger partial charge in [0.05, 0.1) is 11.5 Å². The maximum absolute atomic E-state index is 10.5. The van der Waals surface area contributed by atoms with Gasteiger partial charge in [-0.25, -0.2) is 0 Å². The molecular weight excluding hydrogens is 270 g/mol. The number of nitrogen functional groups attached to an aromatic ring is 1. The molecule has 0 amide bonds. The lowest BCUT2D eigenvalue weighted by Crippen LogP contribution is -2.10. The van der Waals surface area contributed by atoms with E-state index in [1.54, 1.807) is 24.3 Å². The molecule has 0 aliphatic heterocycles. The average molecular weight is 285 g/mol. The Morgan fingerprint density at radius 1 is 1.14 bits per heavy atom. The highest BCUT2D eigenvalue weighted by atomic mass is 16.6. The van der Waals surface area contributed by atoms with Gasteiger partial charge in [-0.1, -0.05) is 24.3 Å². The molecular formula is C15H15N3O3. The third kappa shape index (κ3) is 4.04. The minimum atomic E-state index is -0.444. The summed E-state index contributed by atoms with van der Waals surface area (Å²) in [6.07, 6.45) is 0.704. The van der Waals surface area contributed by atoms with E-state index >= 15 is 0 Å². The van der Waals surface area contributed by atoms with Crippen molar-refractivity contribution in [2.45, 2.75) is 6.42 Å². The van der Waals surface area contributed by atoms with Crippen LogP contribution in [0.1, 0.15) is 11.1 Å². The van der Waals surface area contributed by atoms with Crippen molar-refractivity contribution in [3.63, 3.8) is 0 Å². The number of benzene rings is 2. The van der Waals surface area contributed by atoms with Crippen LogP contribution in [0.5, 0.6) is 5.75 Å². The van der Waals surface area contributed by atoms with E-state index in [4.69, 9.17) is 15.9 Å². The van der Waals surface area contributed by atoms with Gasteiger partial charge in [0, 0.05) is 24.1 Å². The maximum atomic E-state index is 10.5. The summed E-state index contributed by atoms with van der Waals surface area (Å²) in [5.74, 6) is 0.643. The SMILES string of the molecule is N=C(N)c1ccc(CCOc2ccc([N+](=O)[O-])cc2)cc1. The lowest BCUT2D eigenvalue weighted by molar-refractivity contribution is -0.384. The summed E-state index contributed by atoms with van der Waals surface area (Å²) in [6.45, 7) is 0.469. The van der Waals surface area contributed by atoms with Crippen LogP contribution in [0.25, 0.3) is 0 Å². The zero-order valence-corrected chi connectivity index (χ0v) is 11.3. The number of rotatable bonds is 6. The molecule has 0 aromatic heterocycles. The summed E-state index contributed by atoms with van der Waals surface area (Å²) in [5, 5.41) is 17.8. The highest BCUT2D eigenvalue weighted by Gasteiger charge is 2.04. The van der Waals surface area contributed by atoms with Crippen LogP contribution in [0.15, 0.2) is 48.5 Å². The molecule has 3 N–H and O–H groups in total. The molecule has 0 heterocycles. The lowest BCUT2D eigenvalue weighted by Gasteiger charge is -2.06. The summed E-state index contributed by atoms with van der Waals surface area (Å²) >= 11 is 0. The Morgan fingerprint density at radius 2 is 1.76 bits per heavy atom. The van der Waals surface area contributed by atoms with E-state index in [0.717, 1.165) is 5.56 Å². The van der Waals surface area contributed by atoms with Crippen molar-refractivity contribution in [2.24, 2.45) is 5.73 Å². The third-order valence-electron chi connectivity index (χ3n) is 2.97. The molecule has 21 heavy (non-hydrogen) atoms. The zero-order chi connectivity index (χ0) is 15.2. The van der Waals surface area contributed by atoms with Gasteiger partial charge in [0.1, 0.15) is 11.6 Å². The van der Waals surface area contributed by atoms with Gasteiger partial charge >= 0.3 is 0 Å². The van der Waals surface area contributed by atoms with Crippen LogP contribution >= 0.6 is 0 Å². The topological polar surface area (TPSA) is 102 Å². The summed E-state index contributed by atoms with van der Waals surface area (Å²) in [4.78, 5) is 10.1. The second kappa shape index (κ2) is 6.51. The first-order chi connectivity index (χ1) is 10.1. The summed E-state index contributed by atoms with van der Waals surface area (Å²) in [7, 11) is 0. The fourth-order valence-electron chi connectivity index (χ4n) is 1.80. The molecule has 0 radical (unpaired) electrons. The number of nitrogens with one attached hydrogen (secondary N) is 1. The zero-order valence-electron chi connectivity index (χ0n) is 11.3. The van der Waals surface area contributed by atoms with Gasteiger partial charge in [0.2, 0.25) is 0 Å². The number of non-ortho nitro benzene ring substituents is 1. The number of amidine groups is 1. The van der Waals surface area contributed by atoms with Crippen molar-refractivity contribution < 1.29 is 9.66 Å². The molecule has 6 nitrogen and oxygen atoms in total. The van der Waals surface area contributed by atoms with Crippen molar-refractivity contribution in [3.8, 4) is 5.75 Å². The number of hydrogen-bond donors (Lipinski definition) is 2. The molecule has 0 spiro atoms. The average Bonchev–Trinajstić information content (AvgIpc) is 2.48. The Labute approximate surface area is 121 Å². The van der Waals surface area contributed by atoms with Gasteiger partial charge in [-0.3, -0.25) is 15.5 Å². The van der Waals surface area contributed by atoms with Gasteiger partial charge in [-0.05, 0) is 17.7 Å². The first-order valence-corrected chi connectivity index (χ1v) is 6.37. The van der Waals surface area contributed by atoms with Crippen molar-refractivity contribution >= 4 is 11.5 Å². The fourth-order valence-corrected chi connectivity index (χ4v) is 1.80. The molecule has 0 atom stereocenters. The van der Waals surface area contributed by atoms with Gasteiger partial charge in [-0.15, -0.1) is 0 Å². The van der Waals surface area contributed by atoms with Crippen LogP contribution in [0.3, 0.4) is 0 Å². The fraction of sp³-hybridized carbons (Fsp3) is 0.133. The molecule has 2 aromatic carbocycles. The van der Waals surface area contributed by atoms with Crippen molar-refractivity contribution in [2.75, 3.05) is 6.61 Å². The van der Waals surface area contributed by atoms with Crippen LogP contribution in [-0.2, 0) is 6.42 Å². The number of hydrogen-bond acceptors (Lipinski definition) is 4. The summed E-state index contributed by atoms with van der Waals surface area (Å²) in [5.41, 5.74) is 7.19.